The van der Waals surface area contributed by atoms with Gasteiger partial charge >= 0.3 is 0 Å². The molecule has 0 radical (unpaired) electrons. The van der Waals surface area contributed by atoms with Crippen molar-refractivity contribution in [3.05, 3.63) is 29.3 Å². The quantitative estimate of drug-likeness (QED) is 0.644. The monoisotopic (exact) mass is 186 g/mol. The molecular weight excluding hydrogens is 172 g/mol. The Balaban J connectivity index is 2.18. The van der Waals surface area contributed by atoms with E-state index in [1.54, 1.807) is 0 Å². The summed E-state index contributed by atoms with van der Waals surface area (Å²) in [5, 5.41) is 6.34. The van der Waals surface area contributed by atoms with Crippen LogP contribution in [0.1, 0.15) is 11.1 Å². The third-order valence-corrected chi connectivity index (χ3v) is 2.31. The number of hydrogen-bond acceptors (Lipinski definition) is 2. The Kier molecular flexibility index (Phi) is 2.71. The van der Waals surface area contributed by atoms with Crippen molar-refractivity contribution in [1.29, 1.82) is 0 Å². The molecule has 2 heteroatoms. The lowest BCUT2D eigenvalue weighted by Crippen LogP contribution is -2.04. The van der Waals surface area contributed by atoms with Crippen LogP contribution in [0.4, 0.5) is 5.69 Å². The molecule has 0 saturated carbocycles. The van der Waals surface area contributed by atoms with Crippen molar-refractivity contribution in [1.82, 2.24) is 5.32 Å². The molecule has 2 nitrogen and oxygen atoms in total. The van der Waals surface area contributed by atoms with Crippen molar-refractivity contribution in [3.8, 4) is 11.8 Å². The predicted molar refractivity (Wildman–Crippen MR) is 59.4 cm³/mol. The van der Waals surface area contributed by atoms with Crippen LogP contribution in [0.15, 0.2) is 18.2 Å². The molecule has 0 fully saturated rings. The highest BCUT2D eigenvalue weighted by atomic mass is 14.9. The van der Waals surface area contributed by atoms with Gasteiger partial charge in [-0.1, -0.05) is 11.8 Å². The fraction of sp³-hybridized carbons (Fsp3) is 0.333. The molecule has 1 aliphatic rings. The Morgan fingerprint density at radius 2 is 2.43 bits per heavy atom. The summed E-state index contributed by atoms with van der Waals surface area (Å²) in [7, 11) is 1.90. The van der Waals surface area contributed by atoms with Gasteiger partial charge in [0, 0.05) is 17.8 Å². The lowest BCUT2D eigenvalue weighted by atomic mass is 10.1. The second kappa shape index (κ2) is 4.17. The summed E-state index contributed by atoms with van der Waals surface area (Å²) < 4.78 is 0. The molecule has 14 heavy (non-hydrogen) atoms. The highest BCUT2D eigenvalue weighted by molar-refractivity contribution is 5.58. The van der Waals surface area contributed by atoms with E-state index in [1.165, 1.54) is 11.3 Å². The fourth-order valence-corrected chi connectivity index (χ4v) is 1.62. The molecule has 1 heterocycles. The van der Waals surface area contributed by atoms with Gasteiger partial charge in [-0.3, -0.25) is 0 Å². The number of hydrogen-bond donors (Lipinski definition) is 2. The van der Waals surface area contributed by atoms with Crippen molar-refractivity contribution in [3.63, 3.8) is 0 Å². The van der Waals surface area contributed by atoms with Gasteiger partial charge in [0.05, 0.1) is 6.54 Å². The molecule has 1 aliphatic heterocycles. The van der Waals surface area contributed by atoms with E-state index in [2.05, 4.69) is 40.7 Å². The Bertz CT molecular complexity index is 385. The Labute approximate surface area is 84.7 Å². The molecular formula is C12H14N2. The maximum Gasteiger partial charge on any atom is 0.0577 e. The lowest BCUT2D eigenvalue weighted by Gasteiger charge is -1.98. The third kappa shape index (κ3) is 1.89. The lowest BCUT2D eigenvalue weighted by molar-refractivity contribution is 0.938. The van der Waals surface area contributed by atoms with Gasteiger partial charge in [-0.25, -0.2) is 0 Å². The van der Waals surface area contributed by atoms with Gasteiger partial charge < -0.3 is 10.6 Å². The number of rotatable bonds is 1. The second-order valence-electron chi connectivity index (χ2n) is 3.38. The summed E-state index contributed by atoms with van der Waals surface area (Å²) in [5.74, 6) is 6.20. The molecule has 0 aromatic heterocycles. The van der Waals surface area contributed by atoms with Gasteiger partial charge in [0.15, 0.2) is 0 Å². The van der Waals surface area contributed by atoms with Gasteiger partial charge in [0.25, 0.3) is 0 Å². The molecule has 0 atom stereocenters. The van der Waals surface area contributed by atoms with Crippen LogP contribution in [0.2, 0.25) is 0 Å². The maximum absolute atomic E-state index is 3.33. The molecule has 0 amide bonds. The standard InChI is InChI=1S/C12H14N2/c1-13-7-2-3-10-4-5-12-11(9-10)6-8-14-12/h4-5,9,13-14H,6-8H2,1H3. The van der Waals surface area contributed by atoms with Crippen LogP contribution in [-0.4, -0.2) is 20.1 Å². The molecule has 2 rings (SSSR count). The molecule has 72 valence electrons. The Morgan fingerprint density at radius 1 is 1.50 bits per heavy atom. The first-order valence-electron chi connectivity index (χ1n) is 4.90. The largest absolute Gasteiger partial charge is 0.384 e. The van der Waals surface area contributed by atoms with Crippen LogP contribution in [0.5, 0.6) is 0 Å². The summed E-state index contributed by atoms with van der Waals surface area (Å²) in [6.45, 7) is 1.80. The average Bonchev–Trinajstić information content (AvgIpc) is 2.65. The van der Waals surface area contributed by atoms with Gasteiger partial charge in [-0.15, -0.1) is 0 Å². The second-order valence-corrected chi connectivity index (χ2v) is 3.38. The summed E-state index contributed by atoms with van der Waals surface area (Å²) in [4.78, 5) is 0. The van der Waals surface area contributed by atoms with E-state index in [9.17, 15) is 0 Å². The van der Waals surface area contributed by atoms with Gasteiger partial charge in [0.1, 0.15) is 0 Å². The van der Waals surface area contributed by atoms with Crippen molar-refractivity contribution in [2.75, 3.05) is 25.5 Å². The van der Waals surface area contributed by atoms with Crippen LogP contribution in [-0.2, 0) is 6.42 Å². The van der Waals surface area contributed by atoms with E-state index < -0.39 is 0 Å². The number of anilines is 1. The Morgan fingerprint density at radius 3 is 3.29 bits per heavy atom. The number of benzene rings is 1. The normalized spacial score (nSPS) is 12.6. The summed E-state index contributed by atoms with van der Waals surface area (Å²) in [6, 6.07) is 6.36. The van der Waals surface area contributed by atoms with Crippen LogP contribution in [0.3, 0.4) is 0 Å². The molecule has 0 saturated heterocycles. The van der Waals surface area contributed by atoms with Crippen molar-refractivity contribution in [2.45, 2.75) is 6.42 Å². The average molecular weight is 186 g/mol. The zero-order valence-corrected chi connectivity index (χ0v) is 8.35. The first kappa shape index (κ1) is 9.11. The molecule has 0 spiro atoms. The summed E-state index contributed by atoms with van der Waals surface area (Å²) in [6.07, 6.45) is 1.12. The van der Waals surface area contributed by atoms with Crippen LogP contribution < -0.4 is 10.6 Å². The maximum atomic E-state index is 3.33. The minimum absolute atomic E-state index is 0.745. The van der Waals surface area contributed by atoms with Crippen molar-refractivity contribution >= 4 is 5.69 Å². The zero-order chi connectivity index (χ0) is 9.80. The Hall–Kier alpha value is -1.46. The van der Waals surface area contributed by atoms with Gasteiger partial charge in [-0.2, -0.15) is 0 Å². The molecule has 0 aliphatic carbocycles. The molecule has 0 unspecified atom stereocenters. The summed E-state index contributed by atoms with van der Waals surface area (Å²) in [5.41, 5.74) is 3.77. The highest BCUT2D eigenvalue weighted by Gasteiger charge is 2.08. The molecule has 2 N–H and O–H groups in total. The summed E-state index contributed by atoms with van der Waals surface area (Å²) >= 11 is 0. The van der Waals surface area contributed by atoms with E-state index in [0.29, 0.717) is 0 Å². The SMILES string of the molecule is CNCC#Cc1ccc2c(c1)CCN2. The third-order valence-electron chi connectivity index (χ3n) is 2.31. The van der Waals surface area contributed by atoms with Crippen molar-refractivity contribution < 1.29 is 0 Å². The molecule has 1 aromatic rings. The zero-order valence-electron chi connectivity index (χ0n) is 8.35. The highest BCUT2D eigenvalue weighted by Crippen LogP contribution is 2.22. The van der Waals surface area contributed by atoms with Crippen LogP contribution in [0, 0.1) is 11.8 Å². The molecule has 0 bridgehead atoms. The first-order valence-corrected chi connectivity index (χ1v) is 4.90. The fourth-order valence-electron chi connectivity index (χ4n) is 1.62. The van der Waals surface area contributed by atoms with E-state index in [0.717, 1.165) is 25.1 Å². The minimum atomic E-state index is 0.745. The van der Waals surface area contributed by atoms with Gasteiger partial charge in [-0.05, 0) is 37.2 Å². The molecule has 1 aromatic carbocycles. The van der Waals surface area contributed by atoms with Gasteiger partial charge in [0.2, 0.25) is 0 Å². The van der Waals surface area contributed by atoms with E-state index >= 15 is 0 Å². The van der Waals surface area contributed by atoms with E-state index in [1.807, 2.05) is 7.05 Å². The van der Waals surface area contributed by atoms with E-state index in [4.69, 9.17) is 0 Å². The first-order chi connectivity index (χ1) is 6.90. The van der Waals surface area contributed by atoms with Crippen LogP contribution in [0.25, 0.3) is 0 Å². The number of nitrogens with one attached hydrogen (secondary N) is 2. The topological polar surface area (TPSA) is 24.1 Å². The predicted octanol–water partition coefficient (Wildman–Crippen LogP) is 1.23. The van der Waals surface area contributed by atoms with Crippen molar-refractivity contribution in [2.24, 2.45) is 0 Å². The van der Waals surface area contributed by atoms with E-state index in [-0.39, 0.29) is 0 Å². The van der Waals surface area contributed by atoms with Crippen LogP contribution >= 0.6 is 0 Å². The smallest absolute Gasteiger partial charge is 0.0577 e. The minimum Gasteiger partial charge on any atom is -0.384 e. The number of fused-ring (bicyclic) bond motifs is 1.